The zero-order valence-electron chi connectivity index (χ0n) is 10.6. The van der Waals surface area contributed by atoms with Crippen LogP contribution in [0.5, 0.6) is 0 Å². The molecule has 3 aromatic rings. The summed E-state index contributed by atoms with van der Waals surface area (Å²) in [7, 11) is 1.63. The summed E-state index contributed by atoms with van der Waals surface area (Å²) in [6.07, 6.45) is -1.02. The number of hydrogen-bond donors (Lipinski definition) is 0. The molecule has 0 unspecified atom stereocenters. The second kappa shape index (κ2) is 4.66. The highest BCUT2D eigenvalue weighted by atomic mass is 35.5. The molecule has 108 valence electrons. The monoisotopic (exact) mass is 313 g/mol. The lowest BCUT2D eigenvalue weighted by Crippen LogP contribution is -2.05. The minimum Gasteiger partial charge on any atom is -0.310 e. The van der Waals surface area contributed by atoms with E-state index in [1.165, 1.54) is 17.1 Å². The summed E-state index contributed by atoms with van der Waals surface area (Å²) in [6.45, 7) is 0. The number of pyridine rings is 1. The van der Waals surface area contributed by atoms with Crippen LogP contribution >= 0.6 is 11.6 Å². The summed E-state index contributed by atoms with van der Waals surface area (Å²) in [5.41, 5.74) is -0.0844. The summed E-state index contributed by atoms with van der Waals surface area (Å²) in [4.78, 5) is 15.7. The zero-order chi connectivity index (χ0) is 15.2. The second-order valence-electron chi connectivity index (χ2n) is 4.28. The van der Waals surface area contributed by atoms with Crippen molar-refractivity contribution in [2.24, 2.45) is 7.05 Å². The highest BCUT2D eigenvalue weighted by Gasteiger charge is 2.31. The molecule has 0 atom stereocenters. The Kier molecular flexibility index (Phi) is 3.05. The highest BCUT2D eigenvalue weighted by Crippen LogP contribution is 2.32. The zero-order valence-corrected chi connectivity index (χ0v) is 11.3. The van der Waals surface area contributed by atoms with Crippen molar-refractivity contribution in [3.05, 3.63) is 35.4 Å². The third-order valence-corrected chi connectivity index (χ3v) is 3.19. The van der Waals surface area contributed by atoms with Gasteiger partial charge in [0.1, 0.15) is 17.5 Å². The van der Waals surface area contributed by atoms with Crippen LogP contribution in [0, 0.1) is 0 Å². The van der Waals surface area contributed by atoms with Crippen LogP contribution in [0.2, 0.25) is 5.02 Å². The Hall–Kier alpha value is -2.22. The van der Waals surface area contributed by atoms with E-state index in [2.05, 4.69) is 19.9 Å². The molecule has 0 saturated heterocycles. The number of aromatic nitrogens is 5. The summed E-state index contributed by atoms with van der Waals surface area (Å²) in [6, 6.07) is 0.945. The summed E-state index contributed by atoms with van der Waals surface area (Å²) >= 11 is 5.98. The number of halogens is 4. The van der Waals surface area contributed by atoms with Crippen LogP contribution in [-0.2, 0) is 13.2 Å². The molecule has 0 spiro atoms. The van der Waals surface area contributed by atoms with Crippen molar-refractivity contribution in [2.75, 3.05) is 0 Å². The van der Waals surface area contributed by atoms with Gasteiger partial charge in [-0.15, -0.1) is 0 Å². The number of fused-ring (bicyclic) bond motifs is 1. The van der Waals surface area contributed by atoms with E-state index in [1.54, 1.807) is 7.05 Å². The van der Waals surface area contributed by atoms with Gasteiger partial charge in [-0.3, -0.25) is 0 Å². The molecule has 0 radical (unpaired) electrons. The normalized spacial score (nSPS) is 12.0. The second-order valence-corrected chi connectivity index (χ2v) is 4.69. The number of nitrogens with zero attached hydrogens (tertiary/aromatic N) is 5. The van der Waals surface area contributed by atoms with Crippen molar-refractivity contribution in [1.82, 2.24) is 24.5 Å². The Morgan fingerprint density at radius 2 is 1.95 bits per heavy atom. The molecule has 0 bridgehead atoms. The van der Waals surface area contributed by atoms with Gasteiger partial charge in [-0.1, -0.05) is 11.6 Å². The first-order valence-corrected chi connectivity index (χ1v) is 6.11. The Bertz CT molecular complexity index is 827. The first-order valence-electron chi connectivity index (χ1n) is 5.73. The minimum absolute atomic E-state index is 0.122. The third kappa shape index (κ3) is 2.31. The SMILES string of the molecule is Cn1c(-c2ncncc2Cl)nc2cc(C(F)(F)F)cnc21. The summed E-state index contributed by atoms with van der Waals surface area (Å²) < 4.78 is 39.6. The maximum Gasteiger partial charge on any atom is 0.417 e. The molecule has 0 fully saturated rings. The molecule has 3 rings (SSSR count). The first-order chi connectivity index (χ1) is 9.88. The van der Waals surface area contributed by atoms with E-state index in [0.717, 1.165) is 12.3 Å². The average Bonchev–Trinajstić information content (AvgIpc) is 2.75. The van der Waals surface area contributed by atoms with Gasteiger partial charge in [-0.2, -0.15) is 13.2 Å². The van der Waals surface area contributed by atoms with E-state index in [9.17, 15) is 13.2 Å². The fourth-order valence-electron chi connectivity index (χ4n) is 1.92. The lowest BCUT2D eigenvalue weighted by Gasteiger charge is -2.05. The molecule has 0 aliphatic heterocycles. The third-order valence-electron chi connectivity index (χ3n) is 2.92. The maximum atomic E-state index is 12.7. The van der Waals surface area contributed by atoms with Crippen molar-refractivity contribution in [3.8, 4) is 11.5 Å². The molecule has 3 aromatic heterocycles. The van der Waals surface area contributed by atoms with Crippen LogP contribution in [0.3, 0.4) is 0 Å². The Morgan fingerprint density at radius 1 is 1.19 bits per heavy atom. The smallest absolute Gasteiger partial charge is 0.310 e. The summed E-state index contributed by atoms with van der Waals surface area (Å²) in [5.74, 6) is 0.323. The molecule has 0 aromatic carbocycles. The van der Waals surface area contributed by atoms with Gasteiger partial charge in [0.2, 0.25) is 0 Å². The van der Waals surface area contributed by atoms with Gasteiger partial charge in [0.25, 0.3) is 0 Å². The quantitative estimate of drug-likeness (QED) is 0.692. The Labute approximate surface area is 121 Å². The molecule has 0 aliphatic carbocycles. The molecular formula is C12H7ClF3N5. The number of aryl methyl sites for hydroxylation is 1. The van der Waals surface area contributed by atoms with E-state index in [-0.39, 0.29) is 10.5 Å². The minimum atomic E-state index is -4.47. The predicted molar refractivity (Wildman–Crippen MR) is 69.5 cm³/mol. The van der Waals surface area contributed by atoms with E-state index in [1.807, 2.05) is 0 Å². The lowest BCUT2D eigenvalue weighted by atomic mass is 10.2. The van der Waals surface area contributed by atoms with Crippen LogP contribution in [0.25, 0.3) is 22.7 Å². The predicted octanol–water partition coefficient (Wildman–Crippen LogP) is 3.10. The highest BCUT2D eigenvalue weighted by molar-refractivity contribution is 6.32. The Balaban J connectivity index is 2.23. The van der Waals surface area contributed by atoms with Crippen LogP contribution in [-0.4, -0.2) is 24.5 Å². The largest absolute Gasteiger partial charge is 0.417 e. The van der Waals surface area contributed by atoms with Crippen LogP contribution in [0.1, 0.15) is 5.56 Å². The van der Waals surface area contributed by atoms with Crippen LogP contribution in [0.4, 0.5) is 13.2 Å². The van der Waals surface area contributed by atoms with Crippen LogP contribution < -0.4 is 0 Å². The number of hydrogen-bond acceptors (Lipinski definition) is 4. The molecule has 0 aliphatic rings. The average molecular weight is 314 g/mol. The topological polar surface area (TPSA) is 56.5 Å². The van der Waals surface area contributed by atoms with E-state index < -0.39 is 11.7 Å². The van der Waals surface area contributed by atoms with Crippen LogP contribution in [0.15, 0.2) is 24.8 Å². The molecule has 3 heterocycles. The van der Waals surface area contributed by atoms with E-state index in [4.69, 9.17) is 11.6 Å². The van der Waals surface area contributed by atoms with Crippen molar-refractivity contribution < 1.29 is 13.2 Å². The molecule has 0 saturated carbocycles. The molecule has 5 nitrogen and oxygen atoms in total. The van der Waals surface area contributed by atoms with Crippen molar-refractivity contribution in [2.45, 2.75) is 6.18 Å². The summed E-state index contributed by atoms with van der Waals surface area (Å²) in [5, 5.41) is 0.256. The van der Waals surface area contributed by atoms with Gasteiger partial charge in [0, 0.05) is 19.4 Å². The van der Waals surface area contributed by atoms with E-state index in [0.29, 0.717) is 17.2 Å². The number of alkyl halides is 3. The fraction of sp³-hybridized carbons (Fsp3) is 0.167. The standard InChI is InChI=1S/C12H7ClF3N5/c1-21-10-8(2-6(3-18-10)12(14,15)16)20-11(21)9-7(13)4-17-5-19-9/h2-5H,1H3. The van der Waals surface area contributed by atoms with Crippen molar-refractivity contribution in [3.63, 3.8) is 0 Å². The van der Waals surface area contributed by atoms with Crippen molar-refractivity contribution in [1.29, 1.82) is 0 Å². The molecule has 21 heavy (non-hydrogen) atoms. The number of imidazole rings is 1. The van der Waals surface area contributed by atoms with Gasteiger partial charge in [0.05, 0.1) is 10.6 Å². The van der Waals surface area contributed by atoms with Gasteiger partial charge in [-0.25, -0.2) is 19.9 Å². The fourth-order valence-corrected chi connectivity index (χ4v) is 2.11. The number of rotatable bonds is 1. The van der Waals surface area contributed by atoms with Gasteiger partial charge in [-0.05, 0) is 6.07 Å². The molecular weight excluding hydrogens is 307 g/mol. The molecule has 9 heteroatoms. The van der Waals surface area contributed by atoms with Gasteiger partial charge >= 0.3 is 6.18 Å². The van der Waals surface area contributed by atoms with Crippen molar-refractivity contribution >= 4 is 22.8 Å². The van der Waals surface area contributed by atoms with Gasteiger partial charge in [0.15, 0.2) is 11.5 Å². The van der Waals surface area contributed by atoms with Gasteiger partial charge < -0.3 is 4.57 Å². The molecule has 0 amide bonds. The Morgan fingerprint density at radius 3 is 2.62 bits per heavy atom. The maximum absolute atomic E-state index is 12.7. The lowest BCUT2D eigenvalue weighted by molar-refractivity contribution is -0.137. The molecule has 0 N–H and O–H groups in total. The first kappa shape index (κ1) is 13.7. The van der Waals surface area contributed by atoms with E-state index >= 15 is 0 Å².